The van der Waals surface area contributed by atoms with Gasteiger partial charge < -0.3 is 15.3 Å². The van der Waals surface area contributed by atoms with Crippen molar-refractivity contribution >= 4 is 11.8 Å². The first-order chi connectivity index (χ1) is 9.65. The van der Waals surface area contributed by atoms with Crippen molar-refractivity contribution in [3.63, 3.8) is 0 Å². The summed E-state index contributed by atoms with van der Waals surface area (Å²) in [6.07, 6.45) is 0.257. The molecule has 1 saturated heterocycles. The summed E-state index contributed by atoms with van der Waals surface area (Å²) in [5.41, 5.74) is 0.861. The number of nitrogens with zero attached hydrogens (tertiary/aromatic N) is 1. The summed E-state index contributed by atoms with van der Waals surface area (Å²) < 4.78 is 0. The molecule has 1 aliphatic rings. The van der Waals surface area contributed by atoms with Crippen LogP contribution in [0.5, 0.6) is 0 Å². The molecular weight excluding hydrogens is 256 g/mol. The van der Waals surface area contributed by atoms with Gasteiger partial charge >= 0.3 is 0 Å². The summed E-state index contributed by atoms with van der Waals surface area (Å²) in [7, 11) is 0. The van der Waals surface area contributed by atoms with E-state index in [4.69, 9.17) is 0 Å². The monoisotopic (exact) mass is 276 g/mol. The van der Waals surface area contributed by atoms with Crippen LogP contribution in [0.25, 0.3) is 0 Å². The van der Waals surface area contributed by atoms with Crippen LogP contribution >= 0.6 is 0 Å². The Balaban J connectivity index is 1.99. The lowest BCUT2D eigenvalue weighted by Crippen LogP contribution is -2.36. The van der Waals surface area contributed by atoms with Gasteiger partial charge in [0, 0.05) is 19.5 Å². The largest absolute Gasteiger partial charge is 0.394 e. The van der Waals surface area contributed by atoms with Gasteiger partial charge in [0.15, 0.2) is 0 Å². The highest BCUT2D eigenvalue weighted by Crippen LogP contribution is 2.19. The molecule has 1 aromatic rings. The van der Waals surface area contributed by atoms with Crippen molar-refractivity contribution < 1.29 is 14.7 Å². The maximum atomic E-state index is 12.2. The minimum absolute atomic E-state index is 0.0212. The number of carbonyl (C=O) groups excluding carboxylic acids is 2. The second-order valence-corrected chi connectivity index (χ2v) is 4.99. The van der Waals surface area contributed by atoms with Crippen LogP contribution in [0.15, 0.2) is 30.3 Å². The quantitative estimate of drug-likeness (QED) is 0.832. The first-order valence-electron chi connectivity index (χ1n) is 6.89. The third kappa shape index (κ3) is 3.17. The highest BCUT2D eigenvalue weighted by Gasteiger charge is 2.34. The lowest BCUT2D eigenvalue weighted by Gasteiger charge is -2.19. The molecule has 1 unspecified atom stereocenters. The van der Waals surface area contributed by atoms with Crippen molar-refractivity contribution in [2.24, 2.45) is 5.92 Å². The Morgan fingerprint density at radius 3 is 2.70 bits per heavy atom. The highest BCUT2D eigenvalue weighted by atomic mass is 16.3. The Labute approximate surface area is 118 Å². The fraction of sp³-hybridized carbons (Fsp3) is 0.467. The molecule has 1 aromatic carbocycles. The van der Waals surface area contributed by atoms with Gasteiger partial charge in [-0.15, -0.1) is 0 Å². The Kier molecular flexibility index (Phi) is 4.74. The van der Waals surface area contributed by atoms with Gasteiger partial charge in [-0.3, -0.25) is 9.59 Å². The molecule has 2 N–H and O–H groups in total. The van der Waals surface area contributed by atoms with E-state index in [2.05, 4.69) is 5.32 Å². The Morgan fingerprint density at radius 1 is 1.45 bits per heavy atom. The van der Waals surface area contributed by atoms with Gasteiger partial charge in [0.05, 0.1) is 18.6 Å². The summed E-state index contributed by atoms with van der Waals surface area (Å²) >= 11 is 0. The Bertz CT molecular complexity index is 475. The van der Waals surface area contributed by atoms with Gasteiger partial charge in [-0.05, 0) is 12.5 Å². The van der Waals surface area contributed by atoms with Crippen molar-refractivity contribution in [1.29, 1.82) is 0 Å². The minimum atomic E-state index is -0.422. The zero-order valence-corrected chi connectivity index (χ0v) is 11.6. The number of likely N-dealkylation sites (tertiary alicyclic amines) is 1. The van der Waals surface area contributed by atoms with Gasteiger partial charge in [-0.2, -0.15) is 0 Å². The van der Waals surface area contributed by atoms with Crippen molar-refractivity contribution in [2.45, 2.75) is 19.4 Å². The van der Waals surface area contributed by atoms with Crippen molar-refractivity contribution in [2.75, 3.05) is 19.7 Å². The van der Waals surface area contributed by atoms with Crippen molar-refractivity contribution in [3.8, 4) is 0 Å². The van der Waals surface area contributed by atoms with E-state index >= 15 is 0 Å². The van der Waals surface area contributed by atoms with Gasteiger partial charge in [0.2, 0.25) is 11.8 Å². The van der Waals surface area contributed by atoms with E-state index in [1.54, 1.807) is 4.90 Å². The molecule has 1 fully saturated rings. The van der Waals surface area contributed by atoms with Crippen LogP contribution in [0.2, 0.25) is 0 Å². The van der Waals surface area contributed by atoms with Crippen LogP contribution in [-0.4, -0.2) is 41.5 Å². The van der Waals surface area contributed by atoms with E-state index in [1.165, 1.54) is 0 Å². The molecule has 1 heterocycles. The second kappa shape index (κ2) is 6.52. The summed E-state index contributed by atoms with van der Waals surface area (Å²) in [5, 5.41) is 12.3. The van der Waals surface area contributed by atoms with Crippen LogP contribution in [0.1, 0.15) is 24.9 Å². The van der Waals surface area contributed by atoms with Crippen LogP contribution in [0, 0.1) is 5.92 Å². The average Bonchev–Trinajstić information content (AvgIpc) is 2.86. The molecule has 0 aromatic heterocycles. The first kappa shape index (κ1) is 14.5. The Hall–Kier alpha value is -1.88. The number of rotatable bonds is 5. The predicted molar refractivity (Wildman–Crippen MR) is 74.8 cm³/mol. The molecule has 2 rings (SSSR count). The maximum Gasteiger partial charge on any atom is 0.225 e. The molecule has 20 heavy (non-hydrogen) atoms. The normalized spacial score (nSPS) is 20.0. The number of benzene rings is 1. The average molecular weight is 276 g/mol. The molecule has 2 amide bonds. The molecule has 5 nitrogen and oxygen atoms in total. The summed E-state index contributed by atoms with van der Waals surface area (Å²) in [5.74, 6) is -0.467. The number of carbonyl (C=O) groups is 2. The smallest absolute Gasteiger partial charge is 0.225 e. The zero-order valence-electron chi connectivity index (χ0n) is 11.6. The second-order valence-electron chi connectivity index (χ2n) is 4.99. The predicted octanol–water partition coefficient (Wildman–Crippen LogP) is 0.705. The van der Waals surface area contributed by atoms with E-state index in [0.29, 0.717) is 13.1 Å². The van der Waals surface area contributed by atoms with Crippen LogP contribution in [-0.2, 0) is 9.59 Å². The van der Waals surface area contributed by atoms with E-state index in [-0.39, 0.29) is 30.8 Å². The summed E-state index contributed by atoms with van der Waals surface area (Å²) in [4.78, 5) is 25.5. The molecule has 0 spiro atoms. The van der Waals surface area contributed by atoms with Gasteiger partial charge in [-0.1, -0.05) is 30.3 Å². The topological polar surface area (TPSA) is 69.6 Å². The molecule has 108 valence electrons. The number of amides is 2. The minimum Gasteiger partial charge on any atom is -0.394 e. The first-order valence-corrected chi connectivity index (χ1v) is 6.89. The number of hydrogen-bond donors (Lipinski definition) is 2. The van der Waals surface area contributed by atoms with Crippen molar-refractivity contribution in [1.82, 2.24) is 10.2 Å². The number of aliphatic hydroxyl groups excluding tert-OH is 1. The fourth-order valence-electron chi connectivity index (χ4n) is 2.46. The standard InChI is InChI=1S/C15H20N2O3/c1-2-17-9-12(8-14(17)19)15(20)16-13(10-18)11-6-4-3-5-7-11/h3-7,12-13,18H,2,8-10H2,1H3,(H,16,20)/t12?,13-/m1/s1. The van der Waals surface area contributed by atoms with Crippen molar-refractivity contribution in [3.05, 3.63) is 35.9 Å². The van der Waals surface area contributed by atoms with E-state index in [1.807, 2.05) is 37.3 Å². The third-order valence-corrected chi connectivity index (χ3v) is 3.67. The SMILES string of the molecule is CCN1CC(C(=O)N[C@H](CO)c2ccccc2)CC1=O. The number of nitrogens with one attached hydrogen (secondary N) is 1. The molecule has 2 atom stereocenters. The maximum absolute atomic E-state index is 12.2. The van der Waals surface area contributed by atoms with E-state index in [9.17, 15) is 14.7 Å². The molecule has 1 aliphatic heterocycles. The number of aliphatic hydroxyl groups is 1. The lowest BCUT2D eigenvalue weighted by molar-refractivity contribution is -0.129. The van der Waals surface area contributed by atoms with E-state index in [0.717, 1.165) is 5.56 Å². The fourth-order valence-corrected chi connectivity index (χ4v) is 2.46. The molecular formula is C15H20N2O3. The molecule has 5 heteroatoms. The molecule has 0 saturated carbocycles. The molecule has 0 radical (unpaired) electrons. The summed E-state index contributed by atoms with van der Waals surface area (Å²) in [6, 6.07) is 8.91. The lowest BCUT2D eigenvalue weighted by atomic mass is 10.0. The van der Waals surface area contributed by atoms with Crippen LogP contribution < -0.4 is 5.32 Å². The van der Waals surface area contributed by atoms with Crippen LogP contribution in [0.4, 0.5) is 0 Å². The zero-order chi connectivity index (χ0) is 14.5. The van der Waals surface area contributed by atoms with E-state index < -0.39 is 6.04 Å². The summed E-state index contributed by atoms with van der Waals surface area (Å²) in [6.45, 7) is 2.84. The van der Waals surface area contributed by atoms with Crippen LogP contribution in [0.3, 0.4) is 0 Å². The van der Waals surface area contributed by atoms with Gasteiger partial charge in [-0.25, -0.2) is 0 Å². The highest BCUT2D eigenvalue weighted by molar-refractivity contribution is 5.89. The molecule has 0 bridgehead atoms. The molecule has 0 aliphatic carbocycles. The van der Waals surface area contributed by atoms with Gasteiger partial charge in [0.25, 0.3) is 0 Å². The number of hydrogen-bond acceptors (Lipinski definition) is 3. The Morgan fingerprint density at radius 2 is 2.15 bits per heavy atom. The third-order valence-electron chi connectivity index (χ3n) is 3.67. The van der Waals surface area contributed by atoms with Gasteiger partial charge in [0.1, 0.15) is 0 Å².